The molecule has 0 spiro atoms. The van der Waals surface area contributed by atoms with Crippen LogP contribution in [0.15, 0.2) is 17.1 Å². The maximum atomic E-state index is 10.6. The summed E-state index contributed by atoms with van der Waals surface area (Å²) in [6, 6.07) is 4.38. The number of rotatable bonds is 2. The summed E-state index contributed by atoms with van der Waals surface area (Å²) in [5.74, 6) is 0. The highest BCUT2D eigenvalue weighted by atomic mass is 16.1. The second-order valence-corrected chi connectivity index (χ2v) is 5.33. The fraction of sp³-hybridized carbons (Fsp3) is 0.533. The number of benzene rings is 1. The van der Waals surface area contributed by atoms with E-state index < -0.39 is 0 Å². The third-order valence-electron chi connectivity index (χ3n) is 4.25. The molecule has 2 aliphatic rings. The molecule has 0 N–H and O–H groups in total. The maximum Gasteiger partial charge on any atom is 0.235 e. The van der Waals surface area contributed by atoms with Crippen molar-refractivity contribution in [3.8, 4) is 0 Å². The van der Waals surface area contributed by atoms with Crippen LogP contribution in [-0.2, 0) is 23.2 Å². The molecular weight excluding hydrogens is 210 g/mol. The van der Waals surface area contributed by atoms with Gasteiger partial charge < -0.3 is 0 Å². The first-order chi connectivity index (χ1) is 8.27. The lowest BCUT2D eigenvalue weighted by atomic mass is 9.83. The van der Waals surface area contributed by atoms with Crippen molar-refractivity contribution in [2.24, 2.45) is 4.99 Å². The van der Waals surface area contributed by atoms with Crippen molar-refractivity contribution in [3.63, 3.8) is 0 Å². The first kappa shape index (κ1) is 10.7. The highest BCUT2D eigenvalue weighted by Crippen LogP contribution is 2.51. The van der Waals surface area contributed by atoms with Crippen LogP contribution in [-0.4, -0.2) is 6.08 Å². The minimum absolute atomic E-state index is 0.198. The van der Waals surface area contributed by atoms with Gasteiger partial charge in [-0.3, -0.25) is 0 Å². The number of nitrogens with zero attached hydrogens (tertiary/aromatic N) is 1. The summed E-state index contributed by atoms with van der Waals surface area (Å²) in [5.41, 5.74) is 5.50. The molecule has 0 radical (unpaired) electrons. The zero-order valence-corrected chi connectivity index (χ0v) is 10.3. The number of hydrogen-bond acceptors (Lipinski definition) is 2. The Morgan fingerprint density at radius 3 is 2.53 bits per heavy atom. The minimum atomic E-state index is -0.198. The highest BCUT2D eigenvalue weighted by molar-refractivity contribution is 5.50. The molecule has 1 fully saturated rings. The summed E-state index contributed by atoms with van der Waals surface area (Å²) in [4.78, 5) is 14.6. The second-order valence-electron chi connectivity index (χ2n) is 5.33. The molecule has 0 unspecified atom stereocenters. The van der Waals surface area contributed by atoms with E-state index >= 15 is 0 Å². The fourth-order valence-corrected chi connectivity index (χ4v) is 3.13. The van der Waals surface area contributed by atoms with Gasteiger partial charge >= 0.3 is 0 Å². The first-order valence-electron chi connectivity index (χ1n) is 6.48. The van der Waals surface area contributed by atoms with Gasteiger partial charge in [-0.05, 0) is 67.7 Å². The molecule has 0 heterocycles. The molecule has 1 aromatic carbocycles. The summed E-state index contributed by atoms with van der Waals surface area (Å²) in [7, 11) is 0. The van der Waals surface area contributed by atoms with Gasteiger partial charge in [-0.25, -0.2) is 4.79 Å². The van der Waals surface area contributed by atoms with E-state index in [2.05, 4.69) is 24.0 Å². The van der Waals surface area contributed by atoms with Crippen molar-refractivity contribution in [2.75, 3.05) is 0 Å². The van der Waals surface area contributed by atoms with Crippen LogP contribution >= 0.6 is 0 Å². The van der Waals surface area contributed by atoms with Gasteiger partial charge in [0.1, 0.15) is 0 Å². The van der Waals surface area contributed by atoms with Gasteiger partial charge in [-0.2, -0.15) is 4.99 Å². The summed E-state index contributed by atoms with van der Waals surface area (Å²) >= 11 is 0. The Morgan fingerprint density at radius 2 is 1.88 bits per heavy atom. The van der Waals surface area contributed by atoms with E-state index in [0.717, 1.165) is 19.3 Å². The number of carbonyl (C=O) groups excluding carboxylic acids is 1. The van der Waals surface area contributed by atoms with Gasteiger partial charge in [0.25, 0.3) is 0 Å². The lowest BCUT2D eigenvalue weighted by Crippen LogP contribution is -2.14. The Balaban J connectivity index is 2.15. The van der Waals surface area contributed by atoms with Crippen molar-refractivity contribution >= 4 is 6.08 Å². The number of hydrogen-bond donors (Lipinski definition) is 0. The van der Waals surface area contributed by atoms with Gasteiger partial charge in [-0.1, -0.05) is 12.1 Å². The average Bonchev–Trinajstić information content (AvgIpc) is 3.11. The molecule has 2 heteroatoms. The Bertz CT molecular complexity index is 508. The van der Waals surface area contributed by atoms with Crippen LogP contribution in [0.25, 0.3) is 0 Å². The fourth-order valence-electron chi connectivity index (χ4n) is 3.13. The molecule has 0 saturated heterocycles. The maximum absolute atomic E-state index is 10.6. The number of fused-ring (bicyclic) bond motifs is 1. The van der Waals surface area contributed by atoms with Crippen LogP contribution in [0.4, 0.5) is 0 Å². The third-order valence-corrected chi connectivity index (χ3v) is 4.25. The Morgan fingerprint density at radius 1 is 1.18 bits per heavy atom. The predicted octanol–water partition coefficient (Wildman–Crippen LogP) is 3.20. The first-order valence-corrected chi connectivity index (χ1v) is 6.48. The van der Waals surface area contributed by atoms with E-state index in [9.17, 15) is 4.79 Å². The molecule has 88 valence electrons. The Hall–Kier alpha value is -1.40. The quantitative estimate of drug-likeness (QED) is 0.563. The van der Waals surface area contributed by atoms with Crippen molar-refractivity contribution < 1.29 is 4.79 Å². The Kier molecular flexibility index (Phi) is 2.41. The van der Waals surface area contributed by atoms with Crippen LogP contribution < -0.4 is 0 Å². The van der Waals surface area contributed by atoms with Crippen molar-refractivity contribution in [3.05, 3.63) is 34.4 Å². The van der Waals surface area contributed by atoms with Crippen LogP contribution in [0, 0.1) is 6.92 Å². The molecule has 0 aromatic heterocycles. The minimum Gasteiger partial charge on any atom is -0.211 e. The van der Waals surface area contributed by atoms with Crippen molar-refractivity contribution in [1.82, 2.24) is 0 Å². The van der Waals surface area contributed by atoms with Crippen molar-refractivity contribution in [2.45, 2.75) is 51.0 Å². The van der Waals surface area contributed by atoms with Gasteiger partial charge in [0.05, 0.1) is 5.54 Å². The van der Waals surface area contributed by atoms with Crippen LogP contribution in [0.3, 0.4) is 0 Å². The second kappa shape index (κ2) is 3.82. The standard InChI is InChI=1S/C15H17NO/c1-11-6-7-14(15(8-9-15)16-10-17)13-5-3-2-4-12(11)13/h6-7H,2-5,8-9H2,1H3. The van der Waals surface area contributed by atoms with Gasteiger partial charge in [0, 0.05) is 0 Å². The molecule has 0 aliphatic heterocycles. The van der Waals surface area contributed by atoms with Gasteiger partial charge in [-0.15, -0.1) is 0 Å². The summed E-state index contributed by atoms with van der Waals surface area (Å²) in [5, 5.41) is 0. The summed E-state index contributed by atoms with van der Waals surface area (Å²) < 4.78 is 0. The summed E-state index contributed by atoms with van der Waals surface area (Å²) in [6.45, 7) is 2.19. The summed E-state index contributed by atoms with van der Waals surface area (Å²) in [6.07, 6.45) is 8.70. The average molecular weight is 227 g/mol. The third kappa shape index (κ3) is 1.64. The molecule has 2 aliphatic carbocycles. The molecule has 1 aromatic rings. The van der Waals surface area contributed by atoms with E-state index in [1.165, 1.54) is 41.5 Å². The van der Waals surface area contributed by atoms with E-state index in [4.69, 9.17) is 0 Å². The SMILES string of the molecule is Cc1ccc(C2(N=C=O)CC2)c2c1CCCC2. The van der Waals surface area contributed by atoms with Gasteiger partial charge in [0.15, 0.2) is 0 Å². The van der Waals surface area contributed by atoms with Crippen LogP contribution in [0.2, 0.25) is 0 Å². The molecule has 1 saturated carbocycles. The normalized spacial score (nSPS) is 20.3. The predicted molar refractivity (Wildman–Crippen MR) is 66.9 cm³/mol. The molecular formula is C15H17NO. The molecule has 17 heavy (non-hydrogen) atoms. The van der Waals surface area contributed by atoms with Crippen molar-refractivity contribution in [1.29, 1.82) is 0 Å². The molecule has 0 atom stereocenters. The monoisotopic (exact) mass is 227 g/mol. The lowest BCUT2D eigenvalue weighted by molar-refractivity contribution is 0.555. The van der Waals surface area contributed by atoms with Crippen LogP contribution in [0.1, 0.15) is 47.9 Å². The van der Waals surface area contributed by atoms with E-state index in [1.54, 1.807) is 6.08 Å². The Labute approximate surface area is 102 Å². The number of aryl methyl sites for hydroxylation is 1. The number of isocyanates is 1. The zero-order chi connectivity index (χ0) is 11.9. The lowest BCUT2D eigenvalue weighted by Gasteiger charge is -2.24. The van der Waals surface area contributed by atoms with Crippen LogP contribution in [0.5, 0.6) is 0 Å². The molecule has 3 rings (SSSR count). The molecule has 0 amide bonds. The topological polar surface area (TPSA) is 29.4 Å². The molecule has 2 nitrogen and oxygen atoms in total. The van der Waals surface area contributed by atoms with E-state index in [-0.39, 0.29) is 5.54 Å². The highest BCUT2D eigenvalue weighted by Gasteiger charge is 2.46. The number of aliphatic imine (C=N–C) groups is 1. The zero-order valence-electron chi connectivity index (χ0n) is 10.3. The molecule has 0 bridgehead atoms. The van der Waals surface area contributed by atoms with E-state index in [0.29, 0.717) is 0 Å². The largest absolute Gasteiger partial charge is 0.235 e. The smallest absolute Gasteiger partial charge is 0.211 e. The van der Waals surface area contributed by atoms with E-state index in [1.807, 2.05) is 0 Å². The van der Waals surface area contributed by atoms with Gasteiger partial charge in [0.2, 0.25) is 6.08 Å².